The average molecular weight is 293 g/mol. The van der Waals surface area contributed by atoms with E-state index in [9.17, 15) is 0 Å². The summed E-state index contributed by atoms with van der Waals surface area (Å²) in [6, 6.07) is 2.14. The summed E-state index contributed by atoms with van der Waals surface area (Å²) in [5.74, 6) is 1.79. The molecule has 0 spiro atoms. The van der Waals surface area contributed by atoms with Crippen molar-refractivity contribution >= 4 is 0 Å². The zero-order valence-corrected chi connectivity index (χ0v) is 14.1. The van der Waals surface area contributed by atoms with Gasteiger partial charge in [0, 0.05) is 31.2 Å². The van der Waals surface area contributed by atoms with Crippen LogP contribution in [0, 0.1) is 11.8 Å². The van der Waals surface area contributed by atoms with E-state index >= 15 is 0 Å². The van der Waals surface area contributed by atoms with E-state index in [1.807, 2.05) is 0 Å². The normalized spacial score (nSPS) is 37.4. The van der Waals surface area contributed by atoms with Gasteiger partial charge in [-0.25, -0.2) is 0 Å². The average Bonchev–Trinajstić information content (AvgIpc) is 2.97. The van der Waals surface area contributed by atoms with Crippen LogP contribution in [-0.4, -0.2) is 54.1 Å². The molecule has 3 nitrogen and oxygen atoms in total. The topological polar surface area (TPSA) is 32.5 Å². The standard InChI is InChI=1S/C18H35N3/c1-14(2)17-5-3-4-6-18(17)21-12-9-16(13-21)20-10-7-15(19)8-11-20/h14-18H,3-13,19H2,1-2H3. The molecule has 0 radical (unpaired) electrons. The van der Waals surface area contributed by atoms with Crippen molar-refractivity contribution in [2.24, 2.45) is 17.6 Å². The van der Waals surface area contributed by atoms with Gasteiger partial charge < -0.3 is 5.73 Å². The predicted octanol–water partition coefficient (Wildman–Crippen LogP) is 2.70. The number of hydrogen-bond donors (Lipinski definition) is 1. The lowest BCUT2D eigenvalue weighted by Crippen LogP contribution is -2.48. The third-order valence-electron chi connectivity index (χ3n) is 6.39. The van der Waals surface area contributed by atoms with Gasteiger partial charge in [0.15, 0.2) is 0 Å². The molecule has 0 amide bonds. The summed E-state index contributed by atoms with van der Waals surface area (Å²) in [7, 11) is 0. The number of nitrogens with two attached hydrogens (primary N) is 1. The quantitative estimate of drug-likeness (QED) is 0.868. The number of likely N-dealkylation sites (tertiary alicyclic amines) is 2. The highest BCUT2D eigenvalue weighted by Crippen LogP contribution is 2.35. The number of piperidine rings is 1. The summed E-state index contributed by atoms with van der Waals surface area (Å²) in [6.45, 7) is 9.99. The Kier molecular flexibility index (Phi) is 5.23. The molecule has 0 aromatic heterocycles. The van der Waals surface area contributed by atoms with Crippen molar-refractivity contribution in [1.29, 1.82) is 0 Å². The third-order valence-corrected chi connectivity index (χ3v) is 6.39. The molecule has 3 heteroatoms. The van der Waals surface area contributed by atoms with Crippen molar-refractivity contribution in [3.05, 3.63) is 0 Å². The van der Waals surface area contributed by atoms with Crippen molar-refractivity contribution in [3.63, 3.8) is 0 Å². The van der Waals surface area contributed by atoms with E-state index in [-0.39, 0.29) is 0 Å². The Balaban J connectivity index is 1.55. The van der Waals surface area contributed by atoms with Crippen LogP contribution in [0.3, 0.4) is 0 Å². The van der Waals surface area contributed by atoms with Crippen molar-refractivity contribution in [2.75, 3.05) is 26.2 Å². The predicted molar refractivity (Wildman–Crippen MR) is 89.3 cm³/mol. The molecule has 2 saturated heterocycles. The minimum Gasteiger partial charge on any atom is -0.328 e. The Morgan fingerprint density at radius 1 is 0.857 bits per heavy atom. The molecule has 21 heavy (non-hydrogen) atoms. The van der Waals surface area contributed by atoms with E-state index in [2.05, 4.69) is 23.6 Å². The summed E-state index contributed by atoms with van der Waals surface area (Å²) in [5, 5.41) is 0. The molecule has 2 aliphatic heterocycles. The van der Waals surface area contributed by atoms with Crippen molar-refractivity contribution in [1.82, 2.24) is 9.80 Å². The van der Waals surface area contributed by atoms with Crippen LogP contribution >= 0.6 is 0 Å². The van der Waals surface area contributed by atoms with Crippen LogP contribution < -0.4 is 5.73 Å². The van der Waals surface area contributed by atoms with Gasteiger partial charge in [0.05, 0.1) is 0 Å². The number of hydrogen-bond acceptors (Lipinski definition) is 3. The first-order valence-corrected chi connectivity index (χ1v) is 9.39. The molecule has 3 rings (SSSR count). The van der Waals surface area contributed by atoms with Gasteiger partial charge in [-0.1, -0.05) is 26.7 Å². The first-order valence-electron chi connectivity index (χ1n) is 9.39. The Labute approximate surface area is 131 Å². The van der Waals surface area contributed by atoms with Crippen LogP contribution in [-0.2, 0) is 0 Å². The molecule has 3 atom stereocenters. The van der Waals surface area contributed by atoms with Crippen LogP contribution in [0.2, 0.25) is 0 Å². The minimum atomic E-state index is 0.461. The maximum atomic E-state index is 6.05. The Morgan fingerprint density at radius 3 is 2.24 bits per heavy atom. The van der Waals surface area contributed by atoms with E-state index in [4.69, 9.17) is 5.73 Å². The third kappa shape index (κ3) is 3.62. The van der Waals surface area contributed by atoms with Gasteiger partial charge >= 0.3 is 0 Å². The van der Waals surface area contributed by atoms with E-state index in [0.717, 1.165) is 23.9 Å². The Morgan fingerprint density at radius 2 is 1.52 bits per heavy atom. The van der Waals surface area contributed by atoms with Gasteiger partial charge in [0.25, 0.3) is 0 Å². The largest absolute Gasteiger partial charge is 0.328 e. The molecule has 2 N–H and O–H groups in total. The lowest BCUT2D eigenvalue weighted by Gasteiger charge is -2.41. The van der Waals surface area contributed by atoms with Crippen LogP contribution in [0.5, 0.6) is 0 Å². The number of rotatable bonds is 3. The maximum Gasteiger partial charge on any atom is 0.0235 e. The van der Waals surface area contributed by atoms with Crippen LogP contribution in [0.25, 0.3) is 0 Å². The molecule has 0 aromatic rings. The highest BCUT2D eigenvalue weighted by Gasteiger charge is 2.37. The molecule has 3 aliphatic rings. The fraction of sp³-hybridized carbons (Fsp3) is 1.00. The Hall–Kier alpha value is -0.120. The second kappa shape index (κ2) is 6.97. The monoisotopic (exact) mass is 293 g/mol. The summed E-state index contributed by atoms with van der Waals surface area (Å²) in [6.07, 6.45) is 9.61. The molecule has 3 unspecified atom stereocenters. The molecule has 0 bridgehead atoms. The fourth-order valence-electron chi connectivity index (χ4n) is 5.02. The first-order chi connectivity index (χ1) is 10.1. The molecule has 2 heterocycles. The molecule has 122 valence electrons. The van der Waals surface area contributed by atoms with E-state index < -0.39 is 0 Å². The first kappa shape index (κ1) is 15.8. The van der Waals surface area contributed by atoms with Gasteiger partial charge in [-0.2, -0.15) is 0 Å². The molecular weight excluding hydrogens is 258 g/mol. The lowest BCUT2D eigenvalue weighted by molar-refractivity contribution is 0.0847. The molecule has 0 aromatic carbocycles. The molecule has 3 fully saturated rings. The van der Waals surface area contributed by atoms with Gasteiger partial charge in [-0.3, -0.25) is 9.80 Å². The van der Waals surface area contributed by atoms with Gasteiger partial charge in [-0.05, 0) is 57.0 Å². The van der Waals surface area contributed by atoms with E-state index in [1.165, 1.54) is 71.1 Å². The van der Waals surface area contributed by atoms with Gasteiger partial charge in [0.1, 0.15) is 0 Å². The SMILES string of the molecule is CC(C)C1CCCCC1N1CCC(N2CCC(N)CC2)C1. The molecule has 1 aliphatic carbocycles. The summed E-state index contributed by atoms with van der Waals surface area (Å²) in [4.78, 5) is 5.58. The Bertz CT molecular complexity index is 322. The fourth-order valence-corrected chi connectivity index (χ4v) is 5.02. The van der Waals surface area contributed by atoms with Crippen molar-refractivity contribution in [3.8, 4) is 0 Å². The lowest BCUT2D eigenvalue weighted by atomic mass is 9.77. The van der Waals surface area contributed by atoms with E-state index in [1.54, 1.807) is 0 Å². The highest BCUT2D eigenvalue weighted by molar-refractivity contribution is 4.93. The summed E-state index contributed by atoms with van der Waals surface area (Å²) < 4.78 is 0. The molecule has 1 saturated carbocycles. The van der Waals surface area contributed by atoms with Crippen molar-refractivity contribution < 1.29 is 0 Å². The smallest absolute Gasteiger partial charge is 0.0235 e. The number of nitrogens with zero attached hydrogens (tertiary/aromatic N) is 2. The van der Waals surface area contributed by atoms with Crippen LogP contribution in [0.15, 0.2) is 0 Å². The van der Waals surface area contributed by atoms with Crippen LogP contribution in [0.1, 0.15) is 58.8 Å². The highest BCUT2D eigenvalue weighted by atomic mass is 15.3. The minimum absolute atomic E-state index is 0.461. The summed E-state index contributed by atoms with van der Waals surface area (Å²) >= 11 is 0. The van der Waals surface area contributed by atoms with Gasteiger partial charge in [-0.15, -0.1) is 0 Å². The van der Waals surface area contributed by atoms with Gasteiger partial charge in [0.2, 0.25) is 0 Å². The molecular formula is C18H35N3. The second-order valence-electron chi connectivity index (χ2n) is 8.07. The zero-order chi connectivity index (χ0) is 14.8. The van der Waals surface area contributed by atoms with Crippen molar-refractivity contribution in [2.45, 2.75) is 76.9 Å². The van der Waals surface area contributed by atoms with E-state index in [0.29, 0.717) is 6.04 Å². The zero-order valence-electron chi connectivity index (χ0n) is 14.1. The summed E-state index contributed by atoms with van der Waals surface area (Å²) in [5.41, 5.74) is 6.05. The van der Waals surface area contributed by atoms with Crippen LogP contribution in [0.4, 0.5) is 0 Å². The second-order valence-corrected chi connectivity index (χ2v) is 8.07. The maximum absolute atomic E-state index is 6.05.